The summed E-state index contributed by atoms with van der Waals surface area (Å²) in [6.45, 7) is 7.44. The number of anilines is 1. The van der Waals surface area contributed by atoms with E-state index in [0.717, 1.165) is 11.1 Å². The number of H-pyrrole nitrogens is 1. The molecular formula is C29H27N5O4. The van der Waals surface area contributed by atoms with Gasteiger partial charge in [0.25, 0.3) is 17.2 Å². The van der Waals surface area contributed by atoms with Crippen molar-refractivity contribution in [1.82, 2.24) is 9.78 Å². The molecule has 192 valence electrons. The van der Waals surface area contributed by atoms with E-state index < -0.39 is 16.8 Å². The van der Waals surface area contributed by atoms with Crippen molar-refractivity contribution in [3.8, 4) is 5.69 Å². The summed E-state index contributed by atoms with van der Waals surface area (Å²) < 4.78 is 1.44. The lowest BCUT2D eigenvalue weighted by molar-refractivity contribution is -0.384. The van der Waals surface area contributed by atoms with Gasteiger partial charge in [0.05, 0.1) is 22.2 Å². The molecule has 4 aromatic rings. The molecule has 1 aliphatic rings. The Hall–Kier alpha value is -4.79. The summed E-state index contributed by atoms with van der Waals surface area (Å²) >= 11 is 0. The standard InChI is InChI=1S/C29H27N5O4/c1-17-8-12-22(13-9-17)32-28(35)25(19(3)30-32)27(21-6-5-7-24(16-21)34(37)38)26-20(4)31-33(29(26)36)23-14-10-18(2)11-15-23/h5-16,25,27,31H,1-4H3. The molecule has 2 atom stereocenters. The zero-order chi connectivity index (χ0) is 27.1. The molecule has 0 saturated carbocycles. The largest absolute Gasteiger partial charge is 0.295 e. The van der Waals surface area contributed by atoms with Gasteiger partial charge in [0, 0.05) is 35.0 Å². The topological polar surface area (TPSA) is 114 Å². The van der Waals surface area contributed by atoms with Crippen LogP contribution >= 0.6 is 0 Å². The fraction of sp³-hybridized carbons (Fsp3) is 0.207. The molecule has 3 aromatic carbocycles. The van der Waals surface area contributed by atoms with Crippen LogP contribution < -0.4 is 10.6 Å². The quantitative estimate of drug-likeness (QED) is 0.285. The normalized spacial score (nSPS) is 16.0. The van der Waals surface area contributed by atoms with Gasteiger partial charge in [-0.05, 0) is 57.5 Å². The van der Waals surface area contributed by atoms with Crippen molar-refractivity contribution in [3.05, 3.63) is 121 Å². The fourth-order valence-corrected chi connectivity index (χ4v) is 4.99. The molecular weight excluding hydrogens is 482 g/mol. The van der Waals surface area contributed by atoms with Crippen molar-refractivity contribution in [2.45, 2.75) is 33.6 Å². The van der Waals surface area contributed by atoms with E-state index in [1.54, 1.807) is 26.0 Å². The van der Waals surface area contributed by atoms with Gasteiger partial charge in [0.2, 0.25) is 0 Å². The Morgan fingerprint density at radius 1 is 0.895 bits per heavy atom. The third kappa shape index (κ3) is 4.32. The summed E-state index contributed by atoms with van der Waals surface area (Å²) in [5.41, 5.74) is 4.88. The number of hydrazone groups is 1. The lowest BCUT2D eigenvalue weighted by atomic mass is 9.78. The number of carbonyl (C=O) groups is 1. The minimum atomic E-state index is -0.827. The lowest BCUT2D eigenvalue weighted by Crippen LogP contribution is -2.34. The maximum atomic E-state index is 13.9. The molecule has 38 heavy (non-hydrogen) atoms. The second kappa shape index (κ2) is 9.59. The highest BCUT2D eigenvalue weighted by molar-refractivity contribution is 6.15. The average Bonchev–Trinajstić information content (AvgIpc) is 3.36. The summed E-state index contributed by atoms with van der Waals surface area (Å²) in [4.78, 5) is 38.9. The molecule has 0 fully saturated rings. The Morgan fingerprint density at radius 3 is 2.11 bits per heavy atom. The molecule has 1 aliphatic heterocycles. The highest BCUT2D eigenvalue weighted by Gasteiger charge is 2.44. The van der Waals surface area contributed by atoms with Crippen molar-refractivity contribution in [2.24, 2.45) is 11.0 Å². The van der Waals surface area contributed by atoms with Gasteiger partial charge >= 0.3 is 0 Å². The average molecular weight is 510 g/mol. The number of non-ortho nitro benzene ring substituents is 1. The fourth-order valence-electron chi connectivity index (χ4n) is 4.99. The van der Waals surface area contributed by atoms with Crippen molar-refractivity contribution in [3.63, 3.8) is 0 Å². The van der Waals surface area contributed by atoms with E-state index >= 15 is 0 Å². The molecule has 1 aromatic heterocycles. The number of hydrogen-bond acceptors (Lipinski definition) is 5. The SMILES string of the molecule is CC1=NN(c2ccc(C)cc2)C(=O)C1C(c1cccc([N+](=O)[O-])c1)c1c(C)[nH]n(-c2ccc(C)cc2)c1=O. The van der Waals surface area contributed by atoms with Crippen molar-refractivity contribution in [1.29, 1.82) is 0 Å². The maximum Gasteiger partial charge on any atom is 0.275 e. The van der Waals surface area contributed by atoms with E-state index in [4.69, 9.17) is 0 Å². The molecule has 1 N–H and O–H groups in total. The smallest absolute Gasteiger partial charge is 0.275 e. The second-order valence-electron chi connectivity index (χ2n) is 9.66. The van der Waals surface area contributed by atoms with Crippen LogP contribution in [-0.2, 0) is 4.79 Å². The van der Waals surface area contributed by atoms with Crippen LogP contribution in [0.15, 0.2) is 82.7 Å². The number of nitro groups is 1. The number of aryl methyl sites for hydroxylation is 3. The van der Waals surface area contributed by atoms with Gasteiger partial charge in [0.15, 0.2) is 0 Å². The van der Waals surface area contributed by atoms with Crippen LogP contribution in [0, 0.1) is 36.8 Å². The first kappa shape index (κ1) is 24.9. The number of nitrogens with one attached hydrogen (secondary N) is 1. The third-order valence-corrected chi connectivity index (χ3v) is 6.95. The minimum absolute atomic E-state index is 0.116. The summed E-state index contributed by atoms with van der Waals surface area (Å²) in [5, 5.41) is 20.7. The van der Waals surface area contributed by atoms with Crippen molar-refractivity contribution >= 4 is 23.0 Å². The number of nitro benzene ring substituents is 1. The molecule has 0 aliphatic carbocycles. The molecule has 2 heterocycles. The Kier molecular flexibility index (Phi) is 6.28. The summed E-state index contributed by atoms with van der Waals surface area (Å²) in [5.74, 6) is -1.92. The van der Waals surface area contributed by atoms with Gasteiger partial charge in [-0.25, -0.2) is 9.69 Å². The van der Waals surface area contributed by atoms with E-state index in [1.165, 1.54) is 21.8 Å². The van der Waals surface area contributed by atoms with Gasteiger partial charge in [0.1, 0.15) is 0 Å². The number of aromatic nitrogens is 2. The van der Waals surface area contributed by atoms with Crippen LogP contribution in [0.5, 0.6) is 0 Å². The Labute approximate surface area is 219 Å². The van der Waals surface area contributed by atoms with E-state index in [-0.39, 0.29) is 17.2 Å². The number of benzene rings is 3. The van der Waals surface area contributed by atoms with Crippen LogP contribution in [0.1, 0.15) is 40.8 Å². The van der Waals surface area contributed by atoms with Gasteiger partial charge in [-0.2, -0.15) is 5.10 Å². The Balaban J connectivity index is 1.68. The van der Waals surface area contributed by atoms with Crippen molar-refractivity contribution in [2.75, 3.05) is 5.01 Å². The molecule has 2 unspecified atom stereocenters. The molecule has 0 saturated heterocycles. The predicted molar refractivity (Wildman–Crippen MR) is 146 cm³/mol. The lowest BCUT2D eigenvalue weighted by Gasteiger charge is -2.23. The molecule has 0 radical (unpaired) electrons. The number of hydrogen-bond donors (Lipinski definition) is 1. The zero-order valence-electron chi connectivity index (χ0n) is 21.5. The second-order valence-corrected chi connectivity index (χ2v) is 9.66. The van der Waals surface area contributed by atoms with Crippen LogP contribution in [0.3, 0.4) is 0 Å². The number of rotatable bonds is 6. The number of amides is 1. The number of carbonyl (C=O) groups excluding carboxylic acids is 1. The minimum Gasteiger partial charge on any atom is -0.295 e. The monoisotopic (exact) mass is 509 g/mol. The summed E-state index contributed by atoms with van der Waals surface area (Å²) in [6, 6.07) is 21.0. The third-order valence-electron chi connectivity index (χ3n) is 6.95. The maximum absolute atomic E-state index is 13.9. The molecule has 0 spiro atoms. The van der Waals surface area contributed by atoms with E-state index in [1.807, 2.05) is 62.4 Å². The molecule has 5 rings (SSSR count). The van der Waals surface area contributed by atoms with E-state index in [2.05, 4.69) is 10.2 Å². The van der Waals surface area contributed by atoms with Crippen LogP contribution in [-0.4, -0.2) is 26.3 Å². The summed E-state index contributed by atoms with van der Waals surface area (Å²) in [7, 11) is 0. The van der Waals surface area contributed by atoms with E-state index in [0.29, 0.717) is 33.9 Å². The van der Waals surface area contributed by atoms with Crippen molar-refractivity contribution < 1.29 is 9.72 Å². The number of aromatic amines is 1. The van der Waals surface area contributed by atoms with Gasteiger partial charge < -0.3 is 0 Å². The highest BCUT2D eigenvalue weighted by atomic mass is 16.6. The van der Waals surface area contributed by atoms with Gasteiger partial charge in [-0.1, -0.05) is 47.5 Å². The van der Waals surface area contributed by atoms with E-state index in [9.17, 15) is 19.7 Å². The Bertz CT molecular complexity index is 1630. The molecule has 1 amide bonds. The Morgan fingerprint density at radius 2 is 1.50 bits per heavy atom. The zero-order valence-corrected chi connectivity index (χ0v) is 21.5. The predicted octanol–water partition coefficient (Wildman–Crippen LogP) is 5.17. The van der Waals surface area contributed by atoms with Crippen LogP contribution in [0.25, 0.3) is 5.69 Å². The molecule has 0 bridgehead atoms. The summed E-state index contributed by atoms with van der Waals surface area (Å²) in [6.07, 6.45) is 0. The first-order valence-corrected chi connectivity index (χ1v) is 12.2. The first-order chi connectivity index (χ1) is 18.2. The van der Waals surface area contributed by atoms with Gasteiger partial charge in [-0.15, -0.1) is 0 Å². The molecule has 9 nitrogen and oxygen atoms in total. The molecule has 9 heteroatoms. The highest BCUT2D eigenvalue weighted by Crippen LogP contribution is 2.39. The van der Waals surface area contributed by atoms with Gasteiger partial charge in [-0.3, -0.25) is 24.8 Å². The van der Waals surface area contributed by atoms with Crippen LogP contribution in [0.4, 0.5) is 11.4 Å². The van der Waals surface area contributed by atoms with Crippen LogP contribution in [0.2, 0.25) is 0 Å². The number of nitrogens with zero attached hydrogens (tertiary/aromatic N) is 4. The first-order valence-electron chi connectivity index (χ1n) is 12.2.